The van der Waals surface area contributed by atoms with E-state index >= 15 is 0 Å². The monoisotopic (exact) mass is 374 g/mol. The van der Waals surface area contributed by atoms with Crippen LogP contribution in [-0.4, -0.2) is 48.5 Å². The van der Waals surface area contributed by atoms with Crippen LogP contribution in [0.4, 0.5) is 5.69 Å². The molecule has 5 nitrogen and oxygen atoms in total. The molecule has 2 heterocycles. The standard InChI is InChI=1S/C23H26N4O/c1-2-27(21-11-5-8-18-7-3-4-10-20(18)21)23(28)17-26-14-13-25-16-22(26)19-9-6-12-24-15-19/h3-12,15,22,25H,2,13-14,16-17H2,1H3. The van der Waals surface area contributed by atoms with Gasteiger partial charge in [0.2, 0.25) is 5.91 Å². The minimum absolute atomic E-state index is 0.134. The maximum absolute atomic E-state index is 13.3. The summed E-state index contributed by atoms with van der Waals surface area (Å²) in [5, 5.41) is 5.71. The molecule has 1 aliphatic heterocycles. The summed E-state index contributed by atoms with van der Waals surface area (Å²) in [6.45, 7) is 5.66. The van der Waals surface area contributed by atoms with Gasteiger partial charge in [0.25, 0.3) is 0 Å². The van der Waals surface area contributed by atoms with E-state index in [0.717, 1.165) is 41.7 Å². The third-order valence-electron chi connectivity index (χ3n) is 5.44. The summed E-state index contributed by atoms with van der Waals surface area (Å²) >= 11 is 0. The molecule has 0 spiro atoms. The van der Waals surface area contributed by atoms with Gasteiger partial charge in [0.1, 0.15) is 0 Å². The van der Waals surface area contributed by atoms with Gasteiger partial charge in [-0.05, 0) is 30.0 Å². The molecule has 1 fully saturated rings. The van der Waals surface area contributed by atoms with E-state index in [-0.39, 0.29) is 11.9 Å². The van der Waals surface area contributed by atoms with Crippen molar-refractivity contribution in [1.29, 1.82) is 0 Å². The molecule has 5 heteroatoms. The largest absolute Gasteiger partial charge is 0.314 e. The SMILES string of the molecule is CCN(C(=O)CN1CCNCC1c1cccnc1)c1cccc2ccccc12. The van der Waals surface area contributed by atoms with Crippen molar-refractivity contribution in [3.8, 4) is 0 Å². The maximum atomic E-state index is 13.3. The van der Waals surface area contributed by atoms with E-state index in [2.05, 4.69) is 39.5 Å². The maximum Gasteiger partial charge on any atom is 0.241 e. The van der Waals surface area contributed by atoms with Gasteiger partial charge in [-0.25, -0.2) is 0 Å². The Labute approximate surface area is 166 Å². The first-order chi connectivity index (χ1) is 13.8. The molecule has 1 saturated heterocycles. The fraction of sp³-hybridized carbons (Fsp3) is 0.304. The fourth-order valence-corrected chi connectivity index (χ4v) is 4.02. The van der Waals surface area contributed by atoms with E-state index in [4.69, 9.17) is 0 Å². The van der Waals surface area contributed by atoms with Crippen molar-refractivity contribution < 1.29 is 4.79 Å². The van der Waals surface area contributed by atoms with Crippen LogP contribution < -0.4 is 10.2 Å². The molecule has 144 valence electrons. The van der Waals surface area contributed by atoms with Crippen molar-refractivity contribution in [2.75, 3.05) is 37.6 Å². The Bertz CT molecular complexity index is 938. The second-order valence-corrected chi connectivity index (χ2v) is 7.11. The van der Waals surface area contributed by atoms with Crippen LogP contribution in [0.3, 0.4) is 0 Å². The van der Waals surface area contributed by atoms with Crippen molar-refractivity contribution in [3.05, 3.63) is 72.6 Å². The van der Waals surface area contributed by atoms with Crippen molar-refractivity contribution in [1.82, 2.24) is 15.2 Å². The predicted molar refractivity (Wildman–Crippen MR) is 113 cm³/mol. The first-order valence-corrected chi connectivity index (χ1v) is 9.90. The smallest absolute Gasteiger partial charge is 0.241 e. The molecule has 0 saturated carbocycles. The lowest BCUT2D eigenvalue weighted by molar-refractivity contribution is -0.120. The Hall–Kier alpha value is -2.76. The molecule has 0 radical (unpaired) electrons. The van der Waals surface area contributed by atoms with Gasteiger partial charge < -0.3 is 10.2 Å². The summed E-state index contributed by atoms with van der Waals surface area (Å²) in [4.78, 5) is 21.7. The first kappa shape index (κ1) is 18.6. The van der Waals surface area contributed by atoms with Gasteiger partial charge >= 0.3 is 0 Å². The van der Waals surface area contributed by atoms with Crippen molar-refractivity contribution in [2.45, 2.75) is 13.0 Å². The third kappa shape index (κ3) is 3.77. The highest BCUT2D eigenvalue weighted by molar-refractivity contribution is 6.04. The lowest BCUT2D eigenvalue weighted by atomic mass is 10.0. The van der Waals surface area contributed by atoms with Crippen LogP contribution in [0.5, 0.6) is 0 Å². The van der Waals surface area contributed by atoms with Crippen LogP contribution in [0.15, 0.2) is 67.0 Å². The van der Waals surface area contributed by atoms with Crippen molar-refractivity contribution in [3.63, 3.8) is 0 Å². The molecule has 1 aliphatic rings. The number of fused-ring (bicyclic) bond motifs is 1. The molecule has 3 aromatic rings. The Morgan fingerprint density at radius 1 is 1.18 bits per heavy atom. The zero-order chi connectivity index (χ0) is 19.3. The molecule has 2 aromatic carbocycles. The van der Waals surface area contributed by atoms with Crippen LogP contribution >= 0.6 is 0 Å². The number of carbonyl (C=O) groups excluding carboxylic acids is 1. The normalized spacial score (nSPS) is 17.5. The van der Waals surface area contributed by atoms with Crippen molar-refractivity contribution in [2.24, 2.45) is 0 Å². The Morgan fingerprint density at radius 3 is 2.86 bits per heavy atom. The molecular weight excluding hydrogens is 348 g/mol. The topological polar surface area (TPSA) is 48.5 Å². The number of hydrogen-bond acceptors (Lipinski definition) is 4. The second kappa shape index (κ2) is 8.50. The van der Waals surface area contributed by atoms with Crippen LogP contribution in [-0.2, 0) is 4.79 Å². The minimum Gasteiger partial charge on any atom is -0.314 e. The lowest BCUT2D eigenvalue weighted by Crippen LogP contribution is -2.50. The molecule has 1 aromatic heterocycles. The average molecular weight is 374 g/mol. The molecule has 0 bridgehead atoms. The summed E-state index contributed by atoms with van der Waals surface area (Å²) in [5.41, 5.74) is 2.13. The average Bonchev–Trinajstić information content (AvgIpc) is 2.75. The van der Waals surface area contributed by atoms with Crippen molar-refractivity contribution >= 4 is 22.4 Å². The number of likely N-dealkylation sites (N-methyl/N-ethyl adjacent to an activating group) is 1. The van der Waals surface area contributed by atoms with Crippen LogP contribution in [0.1, 0.15) is 18.5 Å². The number of nitrogens with zero attached hydrogens (tertiary/aromatic N) is 3. The van der Waals surface area contributed by atoms with Gasteiger partial charge in [-0.3, -0.25) is 14.7 Å². The molecular formula is C23H26N4O. The quantitative estimate of drug-likeness (QED) is 0.745. The highest BCUT2D eigenvalue weighted by Crippen LogP contribution is 2.28. The van der Waals surface area contributed by atoms with Gasteiger partial charge in [0.05, 0.1) is 12.2 Å². The van der Waals surface area contributed by atoms with E-state index in [1.165, 1.54) is 0 Å². The molecule has 1 N–H and O–H groups in total. The van der Waals surface area contributed by atoms with E-state index < -0.39 is 0 Å². The second-order valence-electron chi connectivity index (χ2n) is 7.11. The highest BCUT2D eigenvalue weighted by atomic mass is 16.2. The zero-order valence-corrected chi connectivity index (χ0v) is 16.2. The lowest BCUT2D eigenvalue weighted by Gasteiger charge is -2.37. The van der Waals surface area contributed by atoms with E-state index in [1.807, 2.05) is 48.4 Å². The Kier molecular flexibility index (Phi) is 5.65. The third-order valence-corrected chi connectivity index (χ3v) is 5.44. The highest BCUT2D eigenvalue weighted by Gasteiger charge is 2.27. The van der Waals surface area contributed by atoms with E-state index in [9.17, 15) is 4.79 Å². The van der Waals surface area contributed by atoms with Gasteiger partial charge in [-0.15, -0.1) is 0 Å². The number of nitrogens with one attached hydrogen (secondary N) is 1. The van der Waals surface area contributed by atoms with Gasteiger partial charge in [0.15, 0.2) is 0 Å². The zero-order valence-electron chi connectivity index (χ0n) is 16.2. The number of pyridine rings is 1. The molecule has 4 rings (SSSR count). The number of amides is 1. The van der Waals surface area contributed by atoms with Gasteiger partial charge in [0, 0.05) is 50.0 Å². The van der Waals surface area contributed by atoms with Crippen LogP contribution in [0.25, 0.3) is 10.8 Å². The summed E-state index contributed by atoms with van der Waals surface area (Å²) in [6.07, 6.45) is 3.69. The fourth-order valence-electron chi connectivity index (χ4n) is 4.02. The number of piperazine rings is 1. The number of rotatable bonds is 5. The number of hydrogen-bond donors (Lipinski definition) is 1. The summed E-state index contributed by atoms with van der Waals surface area (Å²) in [6, 6.07) is 18.6. The summed E-state index contributed by atoms with van der Waals surface area (Å²) < 4.78 is 0. The summed E-state index contributed by atoms with van der Waals surface area (Å²) in [7, 11) is 0. The molecule has 28 heavy (non-hydrogen) atoms. The Morgan fingerprint density at radius 2 is 2.04 bits per heavy atom. The summed E-state index contributed by atoms with van der Waals surface area (Å²) in [5.74, 6) is 0.134. The Balaban J connectivity index is 1.58. The van der Waals surface area contributed by atoms with Crippen LogP contribution in [0.2, 0.25) is 0 Å². The molecule has 1 amide bonds. The number of aromatic nitrogens is 1. The predicted octanol–water partition coefficient (Wildman–Crippen LogP) is 3.23. The van der Waals surface area contributed by atoms with Crippen LogP contribution in [0, 0.1) is 0 Å². The number of carbonyl (C=O) groups is 1. The first-order valence-electron chi connectivity index (χ1n) is 9.90. The van der Waals surface area contributed by atoms with Gasteiger partial charge in [-0.2, -0.15) is 0 Å². The number of benzene rings is 2. The van der Waals surface area contributed by atoms with Gasteiger partial charge in [-0.1, -0.05) is 42.5 Å². The molecule has 1 unspecified atom stereocenters. The molecule has 1 atom stereocenters. The number of anilines is 1. The minimum atomic E-state index is 0.134. The van der Waals surface area contributed by atoms with E-state index in [0.29, 0.717) is 13.1 Å². The molecule has 0 aliphatic carbocycles. The van der Waals surface area contributed by atoms with E-state index in [1.54, 1.807) is 6.20 Å².